The van der Waals surface area contributed by atoms with Gasteiger partial charge in [-0.3, -0.25) is 0 Å². The zero-order valence-corrected chi connectivity index (χ0v) is 12.8. The monoisotopic (exact) mass is 255 g/mol. The van der Waals surface area contributed by atoms with Crippen LogP contribution in [0.3, 0.4) is 0 Å². The second-order valence-electron chi connectivity index (χ2n) is 6.61. The molecule has 0 amide bonds. The molecule has 2 heterocycles. The van der Waals surface area contributed by atoms with E-state index in [1.54, 1.807) is 0 Å². The van der Waals surface area contributed by atoms with E-state index in [0.29, 0.717) is 22.8 Å². The summed E-state index contributed by atoms with van der Waals surface area (Å²) in [6.07, 6.45) is 4.06. The minimum absolute atomic E-state index is 0.0453. The summed E-state index contributed by atoms with van der Waals surface area (Å²) in [4.78, 5) is 4.84. The van der Waals surface area contributed by atoms with Crippen molar-refractivity contribution in [2.24, 2.45) is 10.9 Å². The molecule has 98 valence electrons. The molecule has 2 rings (SSSR count). The first-order valence-electron chi connectivity index (χ1n) is 6.87. The second kappa shape index (κ2) is 4.88. The summed E-state index contributed by atoms with van der Waals surface area (Å²) >= 11 is 0. The molecule has 0 spiro atoms. The summed E-state index contributed by atoms with van der Waals surface area (Å²) in [6, 6.07) is 0.405. The maximum absolute atomic E-state index is 5.90. The molecule has 17 heavy (non-hydrogen) atoms. The number of nitrogens with zero attached hydrogens (tertiary/aromatic N) is 1. The normalized spacial score (nSPS) is 34.0. The van der Waals surface area contributed by atoms with E-state index in [0.717, 1.165) is 12.5 Å². The van der Waals surface area contributed by atoms with E-state index in [9.17, 15) is 0 Å². The quantitative estimate of drug-likeness (QED) is 0.686. The first-order valence-corrected chi connectivity index (χ1v) is 8.46. The summed E-state index contributed by atoms with van der Waals surface area (Å²) in [5, 5.41) is 0.443. The summed E-state index contributed by atoms with van der Waals surface area (Å²) < 4.78 is 5.90. The Hall–Kier alpha value is -0.100. The zero-order chi connectivity index (χ0) is 12.6. The van der Waals surface area contributed by atoms with Gasteiger partial charge in [0.25, 0.3) is 0 Å². The fraction of sp³-hybridized carbons (Fsp3) is 0.929. The van der Waals surface area contributed by atoms with E-state index in [2.05, 4.69) is 34.6 Å². The van der Waals surface area contributed by atoms with Gasteiger partial charge < -0.3 is 4.74 Å². The van der Waals surface area contributed by atoms with Crippen molar-refractivity contribution >= 4 is 13.8 Å². The van der Waals surface area contributed by atoms with Gasteiger partial charge >= 0.3 is 0 Å². The minimum atomic E-state index is 0.0453. The number of aliphatic imine (C=N–C) groups is 1. The minimum Gasteiger partial charge on any atom is -0.478 e. The molecule has 0 N–H and O–H groups in total. The average molecular weight is 255 g/mol. The van der Waals surface area contributed by atoms with Crippen LogP contribution in [0.4, 0.5) is 0 Å². The maximum Gasteiger partial charge on any atom is 0.191 e. The Bertz CT molecular complexity index is 306. The van der Waals surface area contributed by atoms with E-state index in [-0.39, 0.29) is 7.92 Å². The lowest BCUT2D eigenvalue weighted by Crippen LogP contribution is -2.24. The standard InChI is InChI=1S/C14H26NOP/c1-10(2)11-9-16-13(15-11)12-7-6-8-17(12)14(3,4)5/h10-12H,6-9H2,1-5H3/t11-,12-,17-/m1/s1. The summed E-state index contributed by atoms with van der Waals surface area (Å²) in [5.41, 5.74) is 0.647. The number of rotatable bonds is 2. The molecule has 3 heteroatoms. The smallest absolute Gasteiger partial charge is 0.191 e. The highest BCUT2D eigenvalue weighted by molar-refractivity contribution is 7.61. The van der Waals surface area contributed by atoms with Crippen LogP contribution < -0.4 is 0 Å². The molecule has 0 aromatic carbocycles. The van der Waals surface area contributed by atoms with Crippen molar-refractivity contribution < 1.29 is 4.74 Å². The number of hydrogen-bond donors (Lipinski definition) is 0. The van der Waals surface area contributed by atoms with E-state index < -0.39 is 0 Å². The topological polar surface area (TPSA) is 21.6 Å². The molecule has 2 aliphatic heterocycles. The predicted octanol–water partition coefficient (Wildman–Crippen LogP) is 3.88. The largest absolute Gasteiger partial charge is 0.478 e. The van der Waals surface area contributed by atoms with Crippen molar-refractivity contribution in [1.82, 2.24) is 0 Å². The molecule has 2 aliphatic rings. The van der Waals surface area contributed by atoms with Crippen LogP contribution in [0.2, 0.25) is 0 Å². The van der Waals surface area contributed by atoms with Gasteiger partial charge in [0, 0.05) is 0 Å². The Labute approximate surface area is 107 Å². The SMILES string of the molecule is CC(C)[C@H]1COC([C@H]2CCC[P@@]2C(C)(C)C)=N1. The molecule has 1 saturated heterocycles. The Balaban J connectivity index is 2.10. The molecule has 0 aliphatic carbocycles. The lowest BCUT2D eigenvalue weighted by molar-refractivity contribution is 0.286. The molecular formula is C14H26NOP. The Morgan fingerprint density at radius 2 is 2.06 bits per heavy atom. The average Bonchev–Trinajstić information content (AvgIpc) is 2.85. The van der Waals surface area contributed by atoms with Crippen molar-refractivity contribution in [2.75, 3.05) is 12.8 Å². The van der Waals surface area contributed by atoms with Gasteiger partial charge in [-0.25, -0.2) is 4.99 Å². The second-order valence-corrected chi connectivity index (χ2v) is 9.96. The fourth-order valence-corrected chi connectivity index (χ4v) is 6.10. The van der Waals surface area contributed by atoms with Crippen LogP contribution >= 0.6 is 7.92 Å². The summed E-state index contributed by atoms with van der Waals surface area (Å²) in [5.74, 6) is 1.71. The maximum atomic E-state index is 5.90. The Morgan fingerprint density at radius 1 is 1.35 bits per heavy atom. The van der Waals surface area contributed by atoms with Gasteiger partial charge in [0.05, 0.1) is 11.7 Å². The highest BCUT2D eigenvalue weighted by Gasteiger charge is 2.41. The van der Waals surface area contributed by atoms with Gasteiger partial charge in [-0.15, -0.1) is 0 Å². The third-order valence-corrected chi connectivity index (χ3v) is 7.62. The first kappa shape index (κ1) is 13.3. The summed E-state index contributed by atoms with van der Waals surface area (Å²) in [7, 11) is 0.0453. The van der Waals surface area contributed by atoms with Gasteiger partial charge in [0.1, 0.15) is 6.61 Å². The van der Waals surface area contributed by atoms with Crippen LogP contribution in [-0.2, 0) is 4.74 Å². The molecule has 2 nitrogen and oxygen atoms in total. The third kappa shape index (κ3) is 2.84. The molecule has 0 radical (unpaired) electrons. The van der Waals surface area contributed by atoms with Crippen molar-refractivity contribution in [3.63, 3.8) is 0 Å². The molecule has 0 saturated carbocycles. The lowest BCUT2D eigenvalue weighted by atomic mass is 10.1. The molecule has 0 unspecified atom stereocenters. The number of hydrogen-bond acceptors (Lipinski definition) is 2. The predicted molar refractivity (Wildman–Crippen MR) is 76.6 cm³/mol. The highest BCUT2D eigenvalue weighted by Crippen LogP contribution is 2.60. The Kier molecular flexibility index (Phi) is 3.83. The van der Waals surface area contributed by atoms with Crippen molar-refractivity contribution in [2.45, 2.75) is 64.3 Å². The van der Waals surface area contributed by atoms with Crippen LogP contribution in [0.15, 0.2) is 4.99 Å². The molecule has 3 atom stereocenters. The van der Waals surface area contributed by atoms with E-state index in [4.69, 9.17) is 9.73 Å². The van der Waals surface area contributed by atoms with Gasteiger partial charge in [-0.2, -0.15) is 0 Å². The van der Waals surface area contributed by atoms with Gasteiger partial charge in [0.15, 0.2) is 5.90 Å². The molecule has 0 aromatic heterocycles. The summed E-state index contributed by atoms with van der Waals surface area (Å²) in [6.45, 7) is 12.4. The molecule has 0 aromatic rings. The van der Waals surface area contributed by atoms with Crippen LogP contribution in [0.5, 0.6) is 0 Å². The number of ether oxygens (including phenoxy) is 1. The van der Waals surface area contributed by atoms with Crippen LogP contribution in [0.1, 0.15) is 47.5 Å². The third-order valence-electron chi connectivity index (χ3n) is 3.86. The van der Waals surface area contributed by atoms with Crippen molar-refractivity contribution in [1.29, 1.82) is 0 Å². The van der Waals surface area contributed by atoms with Crippen LogP contribution in [0, 0.1) is 5.92 Å². The van der Waals surface area contributed by atoms with Crippen molar-refractivity contribution in [3.8, 4) is 0 Å². The zero-order valence-electron chi connectivity index (χ0n) is 11.9. The van der Waals surface area contributed by atoms with Crippen LogP contribution in [-0.4, -0.2) is 35.5 Å². The van der Waals surface area contributed by atoms with Gasteiger partial charge in [0.2, 0.25) is 0 Å². The first-order chi connectivity index (χ1) is 7.89. The molecule has 1 fully saturated rings. The Morgan fingerprint density at radius 3 is 2.59 bits per heavy atom. The van der Waals surface area contributed by atoms with E-state index in [1.165, 1.54) is 19.0 Å². The molecular weight excluding hydrogens is 229 g/mol. The van der Waals surface area contributed by atoms with Crippen LogP contribution in [0.25, 0.3) is 0 Å². The lowest BCUT2D eigenvalue weighted by Gasteiger charge is -2.32. The van der Waals surface area contributed by atoms with Crippen molar-refractivity contribution in [3.05, 3.63) is 0 Å². The van der Waals surface area contributed by atoms with E-state index in [1.807, 2.05) is 0 Å². The van der Waals surface area contributed by atoms with Gasteiger partial charge in [-0.05, 0) is 30.1 Å². The van der Waals surface area contributed by atoms with E-state index >= 15 is 0 Å². The van der Waals surface area contributed by atoms with Gasteiger partial charge in [-0.1, -0.05) is 42.5 Å². The molecule has 0 bridgehead atoms. The highest BCUT2D eigenvalue weighted by atomic mass is 31.1. The fourth-order valence-electron chi connectivity index (χ4n) is 2.76.